The van der Waals surface area contributed by atoms with Gasteiger partial charge in [-0.2, -0.15) is 0 Å². The summed E-state index contributed by atoms with van der Waals surface area (Å²) in [5, 5.41) is 0. The maximum atomic E-state index is 5.72. The Balaban J connectivity index is 1.96. The van der Waals surface area contributed by atoms with Crippen molar-refractivity contribution in [3.05, 3.63) is 12.2 Å². The Labute approximate surface area is 79.9 Å². The fourth-order valence-electron chi connectivity index (χ4n) is 2.11. The fourth-order valence-corrected chi connectivity index (χ4v) is 2.11. The molecule has 0 amide bonds. The van der Waals surface area contributed by atoms with E-state index in [0.717, 1.165) is 13.0 Å². The number of allylic oxidation sites excluding steroid dienone is 2. The molecule has 0 aromatic heterocycles. The summed E-state index contributed by atoms with van der Waals surface area (Å²) in [6, 6.07) is 0. The van der Waals surface area contributed by atoms with Crippen molar-refractivity contribution in [1.29, 1.82) is 0 Å². The first kappa shape index (κ1) is 9.22. The smallest absolute Gasteiger partial charge is 0.161 e. The van der Waals surface area contributed by atoms with Crippen LogP contribution in [0.2, 0.25) is 0 Å². The van der Waals surface area contributed by atoms with Crippen LogP contribution < -0.4 is 0 Å². The Morgan fingerprint density at radius 2 is 1.92 bits per heavy atom. The van der Waals surface area contributed by atoms with Crippen LogP contribution in [0.25, 0.3) is 0 Å². The molecule has 2 nitrogen and oxygen atoms in total. The van der Waals surface area contributed by atoms with Crippen LogP contribution in [0.5, 0.6) is 0 Å². The van der Waals surface area contributed by atoms with Gasteiger partial charge in [0.15, 0.2) is 6.29 Å². The molecule has 2 rings (SSSR count). The number of rotatable bonds is 1. The summed E-state index contributed by atoms with van der Waals surface area (Å²) in [7, 11) is 0. The molecule has 4 atom stereocenters. The van der Waals surface area contributed by atoms with Crippen LogP contribution in [0.1, 0.15) is 26.7 Å². The van der Waals surface area contributed by atoms with Crippen LogP contribution in [-0.4, -0.2) is 19.0 Å². The zero-order valence-electron chi connectivity index (χ0n) is 8.40. The highest BCUT2D eigenvalue weighted by atomic mass is 16.7. The lowest BCUT2D eigenvalue weighted by atomic mass is 9.84. The topological polar surface area (TPSA) is 18.5 Å². The zero-order chi connectivity index (χ0) is 9.26. The molecule has 1 aliphatic heterocycles. The number of hydrogen-bond donors (Lipinski definition) is 0. The van der Waals surface area contributed by atoms with Crippen LogP contribution >= 0.6 is 0 Å². The Bertz CT molecular complexity index is 200. The van der Waals surface area contributed by atoms with E-state index in [4.69, 9.17) is 9.47 Å². The van der Waals surface area contributed by atoms with Crippen molar-refractivity contribution in [3.63, 3.8) is 0 Å². The third kappa shape index (κ3) is 1.94. The monoisotopic (exact) mass is 182 g/mol. The van der Waals surface area contributed by atoms with E-state index in [1.165, 1.54) is 6.42 Å². The van der Waals surface area contributed by atoms with E-state index >= 15 is 0 Å². The minimum absolute atomic E-state index is 0.0509. The van der Waals surface area contributed by atoms with E-state index in [9.17, 15) is 0 Å². The minimum atomic E-state index is 0.0509. The Kier molecular flexibility index (Phi) is 2.70. The molecule has 0 aromatic carbocycles. The molecule has 0 bridgehead atoms. The third-order valence-electron chi connectivity index (χ3n) is 3.02. The quantitative estimate of drug-likeness (QED) is 0.579. The Morgan fingerprint density at radius 3 is 2.54 bits per heavy atom. The fraction of sp³-hybridized carbons (Fsp3) is 0.818. The lowest BCUT2D eigenvalue weighted by molar-refractivity contribution is -0.108. The third-order valence-corrected chi connectivity index (χ3v) is 3.02. The predicted octanol–water partition coefficient (Wildman–Crippen LogP) is 2.35. The molecule has 0 unspecified atom stereocenters. The molecule has 1 fully saturated rings. The van der Waals surface area contributed by atoms with Gasteiger partial charge in [-0.3, -0.25) is 0 Å². The molecule has 0 radical (unpaired) electrons. The van der Waals surface area contributed by atoms with Gasteiger partial charge in [0.2, 0.25) is 0 Å². The SMILES string of the molecule is C[C@H]1CO[C@@H]([C@@H]2CC=CC[C@@H]2C)O1. The second-order valence-corrected chi connectivity index (χ2v) is 4.23. The molecular weight excluding hydrogens is 164 g/mol. The summed E-state index contributed by atoms with van der Waals surface area (Å²) < 4.78 is 11.3. The molecule has 0 N–H and O–H groups in total. The van der Waals surface area contributed by atoms with Crippen molar-refractivity contribution >= 4 is 0 Å². The molecule has 0 aromatic rings. The van der Waals surface area contributed by atoms with Crippen LogP contribution in [0, 0.1) is 11.8 Å². The summed E-state index contributed by atoms with van der Waals surface area (Å²) >= 11 is 0. The zero-order valence-corrected chi connectivity index (χ0v) is 8.40. The van der Waals surface area contributed by atoms with Gasteiger partial charge in [0.1, 0.15) is 0 Å². The second kappa shape index (κ2) is 3.81. The van der Waals surface area contributed by atoms with Gasteiger partial charge in [0.05, 0.1) is 12.7 Å². The molecule has 0 saturated carbocycles. The van der Waals surface area contributed by atoms with E-state index < -0.39 is 0 Å². The highest BCUT2D eigenvalue weighted by Crippen LogP contribution is 2.32. The van der Waals surface area contributed by atoms with Crippen molar-refractivity contribution < 1.29 is 9.47 Å². The number of ether oxygens (including phenoxy) is 2. The molecule has 1 heterocycles. The molecule has 1 saturated heterocycles. The second-order valence-electron chi connectivity index (χ2n) is 4.23. The molecular formula is C11H18O2. The predicted molar refractivity (Wildman–Crippen MR) is 51.3 cm³/mol. The molecule has 2 aliphatic rings. The average molecular weight is 182 g/mol. The van der Waals surface area contributed by atoms with Crippen molar-refractivity contribution in [2.75, 3.05) is 6.61 Å². The summed E-state index contributed by atoms with van der Waals surface area (Å²) in [6.07, 6.45) is 7.12. The van der Waals surface area contributed by atoms with E-state index in [1.807, 2.05) is 0 Å². The molecule has 74 valence electrons. The first-order valence-electron chi connectivity index (χ1n) is 5.19. The van der Waals surface area contributed by atoms with Gasteiger partial charge >= 0.3 is 0 Å². The van der Waals surface area contributed by atoms with Crippen molar-refractivity contribution in [2.24, 2.45) is 11.8 Å². The van der Waals surface area contributed by atoms with Crippen molar-refractivity contribution in [1.82, 2.24) is 0 Å². The average Bonchev–Trinajstić information content (AvgIpc) is 2.53. The van der Waals surface area contributed by atoms with Crippen molar-refractivity contribution in [3.8, 4) is 0 Å². The van der Waals surface area contributed by atoms with Crippen LogP contribution in [0.4, 0.5) is 0 Å². The van der Waals surface area contributed by atoms with Gasteiger partial charge in [0, 0.05) is 5.92 Å². The van der Waals surface area contributed by atoms with Gasteiger partial charge in [0.25, 0.3) is 0 Å². The summed E-state index contributed by atoms with van der Waals surface area (Å²) in [4.78, 5) is 0. The van der Waals surface area contributed by atoms with Gasteiger partial charge in [-0.15, -0.1) is 0 Å². The largest absolute Gasteiger partial charge is 0.350 e. The summed E-state index contributed by atoms with van der Waals surface area (Å²) in [6.45, 7) is 5.12. The van der Waals surface area contributed by atoms with Crippen LogP contribution in [0.3, 0.4) is 0 Å². The first-order valence-corrected chi connectivity index (χ1v) is 5.19. The maximum Gasteiger partial charge on any atom is 0.161 e. The Hall–Kier alpha value is -0.340. The van der Waals surface area contributed by atoms with Gasteiger partial charge in [-0.25, -0.2) is 0 Å². The highest BCUT2D eigenvalue weighted by Gasteiger charge is 2.33. The van der Waals surface area contributed by atoms with Gasteiger partial charge in [-0.1, -0.05) is 19.1 Å². The lowest BCUT2D eigenvalue weighted by Gasteiger charge is -2.29. The van der Waals surface area contributed by atoms with Crippen LogP contribution in [0.15, 0.2) is 12.2 Å². The summed E-state index contributed by atoms with van der Waals surface area (Å²) in [5.41, 5.74) is 0. The lowest BCUT2D eigenvalue weighted by Crippen LogP contribution is -2.28. The standard InChI is InChI=1S/C11H18O2/c1-8-5-3-4-6-10(8)11-12-7-9(2)13-11/h3-4,8-11H,5-7H2,1-2H3/t8-,9-,10+,11+/m0/s1. The van der Waals surface area contributed by atoms with Gasteiger partial charge in [-0.05, 0) is 25.7 Å². The Morgan fingerprint density at radius 1 is 1.15 bits per heavy atom. The highest BCUT2D eigenvalue weighted by molar-refractivity contribution is 4.94. The van der Waals surface area contributed by atoms with E-state index in [1.54, 1.807) is 0 Å². The van der Waals surface area contributed by atoms with E-state index in [-0.39, 0.29) is 12.4 Å². The first-order chi connectivity index (χ1) is 6.27. The molecule has 2 heteroatoms. The van der Waals surface area contributed by atoms with E-state index in [2.05, 4.69) is 26.0 Å². The van der Waals surface area contributed by atoms with Gasteiger partial charge < -0.3 is 9.47 Å². The minimum Gasteiger partial charge on any atom is -0.350 e. The number of hydrogen-bond acceptors (Lipinski definition) is 2. The van der Waals surface area contributed by atoms with E-state index in [0.29, 0.717) is 11.8 Å². The molecule has 13 heavy (non-hydrogen) atoms. The molecule has 0 spiro atoms. The van der Waals surface area contributed by atoms with Crippen molar-refractivity contribution in [2.45, 2.75) is 39.1 Å². The van der Waals surface area contributed by atoms with Crippen LogP contribution in [-0.2, 0) is 9.47 Å². The normalized spacial score (nSPS) is 45.4. The molecule has 1 aliphatic carbocycles. The maximum absolute atomic E-state index is 5.72. The summed E-state index contributed by atoms with van der Waals surface area (Å²) in [5.74, 6) is 1.26.